The fourth-order valence-corrected chi connectivity index (χ4v) is 5.35. The van der Waals surface area contributed by atoms with Crippen LogP contribution in [-0.4, -0.2) is 10.7 Å². The Morgan fingerprint density at radius 2 is 1.21 bits per heavy atom. The highest BCUT2D eigenvalue weighted by molar-refractivity contribution is 6.19. The van der Waals surface area contributed by atoms with Gasteiger partial charge in [-0.2, -0.15) is 0 Å². The van der Waals surface area contributed by atoms with E-state index in [9.17, 15) is 5.11 Å². The summed E-state index contributed by atoms with van der Waals surface area (Å²) in [5.74, 6) is 6.86. The number of rotatable bonds is 1. The maximum absolute atomic E-state index is 11.2. The van der Waals surface area contributed by atoms with Gasteiger partial charge in [0, 0.05) is 11.1 Å². The second kappa shape index (κ2) is 8.07. The van der Waals surface area contributed by atoms with Crippen LogP contribution in [0.1, 0.15) is 37.7 Å². The monoisotopic (exact) mass is 426 g/mol. The van der Waals surface area contributed by atoms with E-state index < -0.39 is 5.60 Å². The van der Waals surface area contributed by atoms with Gasteiger partial charge in [-0.05, 0) is 75.7 Å². The van der Waals surface area contributed by atoms with Crippen LogP contribution in [0.15, 0.2) is 91.0 Å². The molecule has 0 bridgehead atoms. The van der Waals surface area contributed by atoms with Gasteiger partial charge in [-0.25, -0.2) is 0 Å². The topological polar surface area (TPSA) is 20.2 Å². The van der Waals surface area contributed by atoms with Crippen LogP contribution in [0.4, 0.5) is 0 Å². The maximum atomic E-state index is 11.2. The summed E-state index contributed by atoms with van der Waals surface area (Å²) in [6, 6.07) is 32.3. The summed E-state index contributed by atoms with van der Waals surface area (Å²) in [5, 5.41) is 18.4. The molecule has 33 heavy (non-hydrogen) atoms. The van der Waals surface area contributed by atoms with Gasteiger partial charge >= 0.3 is 0 Å². The molecule has 0 heterocycles. The number of benzene rings is 5. The summed E-state index contributed by atoms with van der Waals surface area (Å²) in [4.78, 5) is 0. The lowest BCUT2D eigenvalue weighted by atomic mass is 9.84. The van der Waals surface area contributed by atoms with Crippen LogP contribution < -0.4 is 0 Å². The smallest absolute Gasteiger partial charge is 0.125 e. The molecule has 0 unspecified atom stereocenters. The minimum absolute atomic E-state index is 0.759. The second-order valence-electron chi connectivity index (χ2n) is 9.25. The molecule has 0 aliphatic heterocycles. The summed E-state index contributed by atoms with van der Waals surface area (Å²) in [7, 11) is 0. The van der Waals surface area contributed by atoms with E-state index in [1.807, 2.05) is 0 Å². The molecular formula is C32H26O. The average molecular weight is 427 g/mol. The van der Waals surface area contributed by atoms with Crippen molar-refractivity contribution < 1.29 is 5.11 Å². The molecule has 0 aromatic heterocycles. The lowest BCUT2D eigenvalue weighted by molar-refractivity contribution is 0.0610. The Labute approximate surface area is 194 Å². The van der Waals surface area contributed by atoms with Crippen molar-refractivity contribution in [1.82, 2.24) is 0 Å². The molecule has 5 aromatic carbocycles. The largest absolute Gasteiger partial charge is 0.378 e. The Hall–Kier alpha value is -3.60. The highest BCUT2D eigenvalue weighted by atomic mass is 16.3. The first-order valence-corrected chi connectivity index (χ1v) is 11.9. The van der Waals surface area contributed by atoms with E-state index in [0.717, 1.165) is 47.8 Å². The number of hydrogen-bond donors (Lipinski definition) is 1. The van der Waals surface area contributed by atoms with E-state index in [2.05, 4.69) is 103 Å². The van der Waals surface area contributed by atoms with Crippen molar-refractivity contribution >= 4 is 32.3 Å². The second-order valence-corrected chi connectivity index (χ2v) is 9.25. The molecule has 0 spiro atoms. The van der Waals surface area contributed by atoms with Crippen molar-refractivity contribution in [2.75, 3.05) is 0 Å². The molecule has 1 heteroatoms. The Kier molecular flexibility index (Phi) is 4.90. The lowest BCUT2D eigenvalue weighted by Crippen LogP contribution is -2.29. The molecule has 0 atom stereocenters. The summed E-state index contributed by atoms with van der Waals surface area (Å²) in [6.45, 7) is 0. The predicted octanol–water partition coefficient (Wildman–Crippen LogP) is 7.86. The quantitative estimate of drug-likeness (QED) is 0.164. The molecule has 1 nitrogen and oxygen atoms in total. The summed E-state index contributed by atoms with van der Waals surface area (Å²) in [6.07, 6.45) is 4.79. The van der Waals surface area contributed by atoms with E-state index in [-0.39, 0.29) is 0 Å². The van der Waals surface area contributed by atoms with E-state index >= 15 is 0 Å². The van der Waals surface area contributed by atoms with Gasteiger partial charge in [0.25, 0.3) is 0 Å². The van der Waals surface area contributed by atoms with Crippen LogP contribution >= 0.6 is 0 Å². The van der Waals surface area contributed by atoms with Gasteiger partial charge in [-0.3, -0.25) is 0 Å². The standard InChI is InChI=1S/C32H26O/c33-32(18-9-2-10-19-32)20-17-28-30-22-25-14-6-5-13-24(25)21-29(30)26-15-7-8-16-27(26)31(28)23-11-3-1-4-12-23/h1,3-8,11-16,21-22,33H,2,9-10,18-19H2. The third kappa shape index (κ3) is 3.58. The molecular weight excluding hydrogens is 400 g/mol. The highest BCUT2D eigenvalue weighted by Gasteiger charge is 2.27. The van der Waals surface area contributed by atoms with Gasteiger partial charge in [-0.1, -0.05) is 97.1 Å². The van der Waals surface area contributed by atoms with Crippen LogP contribution in [-0.2, 0) is 0 Å². The summed E-state index contributed by atoms with van der Waals surface area (Å²) < 4.78 is 0. The summed E-state index contributed by atoms with van der Waals surface area (Å²) >= 11 is 0. The van der Waals surface area contributed by atoms with E-state index in [1.165, 1.54) is 33.4 Å². The van der Waals surface area contributed by atoms with Crippen molar-refractivity contribution in [3.63, 3.8) is 0 Å². The number of aliphatic hydroxyl groups is 1. The Morgan fingerprint density at radius 3 is 1.94 bits per heavy atom. The van der Waals surface area contributed by atoms with Crippen LogP contribution in [0, 0.1) is 11.8 Å². The van der Waals surface area contributed by atoms with Gasteiger partial charge in [0.15, 0.2) is 0 Å². The molecule has 0 amide bonds. The molecule has 1 fully saturated rings. The first-order valence-electron chi connectivity index (χ1n) is 11.9. The zero-order valence-corrected chi connectivity index (χ0v) is 18.6. The van der Waals surface area contributed by atoms with Crippen molar-refractivity contribution in [2.24, 2.45) is 0 Å². The van der Waals surface area contributed by atoms with Crippen LogP contribution in [0.25, 0.3) is 43.4 Å². The molecule has 5 aromatic rings. The summed E-state index contributed by atoms with van der Waals surface area (Å²) in [5.41, 5.74) is 2.44. The Bertz CT molecular complexity index is 1540. The Balaban J connectivity index is 1.75. The predicted molar refractivity (Wildman–Crippen MR) is 139 cm³/mol. The SMILES string of the molecule is OC1(C#Cc2c(-c3ccccc3)c3ccccc3c3cc4ccccc4cc23)CCCCC1. The minimum Gasteiger partial charge on any atom is -0.378 e. The van der Waals surface area contributed by atoms with Gasteiger partial charge in [-0.15, -0.1) is 0 Å². The highest BCUT2D eigenvalue weighted by Crippen LogP contribution is 2.40. The van der Waals surface area contributed by atoms with Gasteiger partial charge in [0.05, 0.1) is 0 Å². The molecule has 1 N–H and O–H groups in total. The zero-order valence-electron chi connectivity index (χ0n) is 18.6. The van der Waals surface area contributed by atoms with Gasteiger partial charge in [0.2, 0.25) is 0 Å². The van der Waals surface area contributed by atoms with Crippen molar-refractivity contribution in [2.45, 2.75) is 37.7 Å². The molecule has 1 aliphatic rings. The van der Waals surface area contributed by atoms with Crippen molar-refractivity contribution in [1.29, 1.82) is 0 Å². The van der Waals surface area contributed by atoms with E-state index in [1.54, 1.807) is 0 Å². The first-order chi connectivity index (χ1) is 16.2. The first kappa shape index (κ1) is 20.0. The lowest BCUT2D eigenvalue weighted by Gasteiger charge is -2.26. The molecule has 1 aliphatic carbocycles. The molecule has 6 rings (SSSR count). The average Bonchev–Trinajstić information content (AvgIpc) is 2.87. The molecule has 0 saturated heterocycles. The van der Waals surface area contributed by atoms with E-state index in [4.69, 9.17) is 0 Å². The van der Waals surface area contributed by atoms with Crippen LogP contribution in [0.2, 0.25) is 0 Å². The van der Waals surface area contributed by atoms with Crippen molar-refractivity contribution in [3.8, 4) is 23.0 Å². The normalized spacial score (nSPS) is 15.4. The number of fused-ring (bicyclic) bond motifs is 4. The third-order valence-electron chi connectivity index (χ3n) is 7.06. The number of hydrogen-bond acceptors (Lipinski definition) is 1. The minimum atomic E-state index is -0.888. The zero-order chi connectivity index (χ0) is 22.3. The van der Waals surface area contributed by atoms with Crippen molar-refractivity contribution in [3.05, 3.63) is 96.6 Å². The fourth-order valence-electron chi connectivity index (χ4n) is 5.35. The maximum Gasteiger partial charge on any atom is 0.125 e. The van der Waals surface area contributed by atoms with E-state index in [0.29, 0.717) is 0 Å². The van der Waals surface area contributed by atoms with Crippen LogP contribution in [0.5, 0.6) is 0 Å². The molecule has 1 saturated carbocycles. The third-order valence-corrected chi connectivity index (χ3v) is 7.06. The molecule has 160 valence electrons. The fraction of sp³-hybridized carbons (Fsp3) is 0.188. The van der Waals surface area contributed by atoms with Gasteiger partial charge in [0.1, 0.15) is 5.60 Å². The van der Waals surface area contributed by atoms with Gasteiger partial charge < -0.3 is 5.11 Å². The van der Waals surface area contributed by atoms with Crippen LogP contribution in [0.3, 0.4) is 0 Å². The molecule has 0 radical (unpaired) electrons. The Morgan fingerprint density at radius 1 is 0.606 bits per heavy atom.